The lowest BCUT2D eigenvalue weighted by Crippen LogP contribution is -2.00. The third kappa shape index (κ3) is 3.48. The van der Waals surface area contributed by atoms with E-state index in [9.17, 15) is 4.39 Å². The molecule has 0 aliphatic carbocycles. The number of alkyl halides is 1. The molecule has 0 bridgehead atoms. The van der Waals surface area contributed by atoms with Crippen LogP contribution < -0.4 is 4.74 Å². The molecule has 0 aliphatic heterocycles. The van der Waals surface area contributed by atoms with E-state index in [1.54, 1.807) is 12.1 Å². The second-order valence-corrected chi connectivity index (χ2v) is 5.07. The second kappa shape index (κ2) is 6.07. The van der Waals surface area contributed by atoms with Crippen LogP contribution in [0.5, 0.6) is 5.75 Å². The molecule has 0 saturated carbocycles. The van der Waals surface area contributed by atoms with Crippen LogP contribution >= 0.6 is 11.6 Å². The fourth-order valence-corrected chi connectivity index (χ4v) is 2.40. The van der Waals surface area contributed by atoms with E-state index in [0.29, 0.717) is 17.7 Å². The standard InChI is InChI=1S/C16H16ClFO/c1-11-4-3-5-12(8-11)9-15(17)14-7-6-13(19-2)10-16(14)18/h3-8,10,15H,9H2,1-2H3. The van der Waals surface area contributed by atoms with E-state index in [2.05, 4.69) is 6.07 Å². The predicted octanol–water partition coefficient (Wildman–Crippen LogP) is 4.67. The molecular weight excluding hydrogens is 263 g/mol. The maximum absolute atomic E-state index is 13.9. The average Bonchev–Trinajstić information content (AvgIpc) is 2.38. The lowest BCUT2D eigenvalue weighted by Gasteiger charge is -2.12. The van der Waals surface area contributed by atoms with Crippen LogP contribution in [0.25, 0.3) is 0 Å². The topological polar surface area (TPSA) is 9.23 Å². The van der Waals surface area contributed by atoms with Crippen LogP contribution in [-0.4, -0.2) is 7.11 Å². The third-order valence-electron chi connectivity index (χ3n) is 3.04. The van der Waals surface area contributed by atoms with Crippen molar-refractivity contribution < 1.29 is 9.13 Å². The normalized spacial score (nSPS) is 12.2. The smallest absolute Gasteiger partial charge is 0.131 e. The monoisotopic (exact) mass is 278 g/mol. The lowest BCUT2D eigenvalue weighted by molar-refractivity contribution is 0.410. The molecular formula is C16H16ClFO. The summed E-state index contributed by atoms with van der Waals surface area (Å²) in [4.78, 5) is 0. The fraction of sp³-hybridized carbons (Fsp3) is 0.250. The van der Waals surface area contributed by atoms with Crippen molar-refractivity contribution in [2.24, 2.45) is 0 Å². The molecule has 0 fully saturated rings. The van der Waals surface area contributed by atoms with Crippen molar-refractivity contribution in [2.75, 3.05) is 7.11 Å². The van der Waals surface area contributed by atoms with Gasteiger partial charge in [0.25, 0.3) is 0 Å². The molecule has 3 heteroatoms. The molecule has 1 unspecified atom stereocenters. The Hall–Kier alpha value is -1.54. The number of hydrogen-bond acceptors (Lipinski definition) is 1. The Morgan fingerprint density at radius 3 is 2.63 bits per heavy atom. The van der Waals surface area contributed by atoms with E-state index < -0.39 is 0 Å². The maximum atomic E-state index is 13.9. The molecule has 2 aromatic rings. The van der Waals surface area contributed by atoms with Gasteiger partial charge in [-0.15, -0.1) is 11.6 Å². The van der Waals surface area contributed by atoms with E-state index >= 15 is 0 Å². The summed E-state index contributed by atoms with van der Waals surface area (Å²) in [5.74, 6) is 0.174. The van der Waals surface area contributed by atoms with Crippen LogP contribution in [0.4, 0.5) is 4.39 Å². The van der Waals surface area contributed by atoms with Crippen LogP contribution in [0.15, 0.2) is 42.5 Å². The summed E-state index contributed by atoms with van der Waals surface area (Å²) >= 11 is 6.31. The van der Waals surface area contributed by atoms with E-state index in [1.165, 1.54) is 18.7 Å². The van der Waals surface area contributed by atoms with Crippen molar-refractivity contribution in [3.8, 4) is 5.75 Å². The van der Waals surface area contributed by atoms with Gasteiger partial charge in [0.05, 0.1) is 12.5 Å². The number of benzene rings is 2. The fourth-order valence-electron chi connectivity index (χ4n) is 2.04. The number of ether oxygens (including phenoxy) is 1. The predicted molar refractivity (Wildman–Crippen MR) is 76.4 cm³/mol. The first-order valence-electron chi connectivity index (χ1n) is 6.13. The molecule has 19 heavy (non-hydrogen) atoms. The zero-order chi connectivity index (χ0) is 13.8. The van der Waals surface area contributed by atoms with Gasteiger partial charge in [-0.05, 0) is 25.0 Å². The highest BCUT2D eigenvalue weighted by Gasteiger charge is 2.14. The van der Waals surface area contributed by atoms with Crippen LogP contribution in [0.2, 0.25) is 0 Å². The number of rotatable bonds is 4. The quantitative estimate of drug-likeness (QED) is 0.739. The Morgan fingerprint density at radius 1 is 1.21 bits per heavy atom. The van der Waals surface area contributed by atoms with Crippen LogP contribution in [-0.2, 0) is 6.42 Å². The van der Waals surface area contributed by atoms with Crippen molar-refractivity contribution in [1.29, 1.82) is 0 Å². The Bertz CT molecular complexity index is 568. The molecule has 0 spiro atoms. The molecule has 0 aliphatic rings. The van der Waals surface area contributed by atoms with E-state index in [-0.39, 0.29) is 11.2 Å². The molecule has 2 aromatic carbocycles. The zero-order valence-electron chi connectivity index (χ0n) is 11.0. The van der Waals surface area contributed by atoms with Gasteiger partial charge in [-0.25, -0.2) is 4.39 Å². The Morgan fingerprint density at radius 2 is 2.00 bits per heavy atom. The van der Waals surface area contributed by atoms with Gasteiger partial charge >= 0.3 is 0 Å². The summed E-state index contributed by atoms with van der Waals surface area (Å²) in [6.45, 7) is 2.03. The Labute approximate surface area is 118 Å². The van der Waals surface area contributed by atoms with Crippen LogP contribution in [0.1, 0.15) is 22.1 Å². The number of aryl methyl sites for hydroxylation is 1. The molecule has 1 atom stereocenters. The SMILES string of the molecule is COc1ccc(C(Cl)Cc2cccc(C)c2)c(F)c1. The molecule has 0 N–H and O–H groups in total. The highest BCUT2D eigenvalue weighted by Crippen LogP contribution is 2.29. The first kappa shape index (κ1) is 13.9. The second-order valence-electron chi connectivity index (χ2n) is 4.55. The Balaban J connectivity index is 2.18. The summed E-state index contributed by atoms with van der Waals surface area (Å²) in [5.41, 5.74) is 2.79. The van der Waals surface area contributed by atoms with Gasteiger partial charge in [-0.2, -0.15) is 0 Å². The van der Waals surface area contributed by atoms with Gasteiger partial charge in [-0.3, -0.25) is 0 Å². The summed E-state index contributed by atoms with van der Waals surface area (Å²) in [6, 6.07) is 12.9. The average molecular weight is 279 g/mol. The van der Waals surface area contributed by atoms with Crippen molar-refractivity contribution >= 4 is 11.6 Å². The highest BCUT2D eigenvalue weighted by atomic mass is 35.5. The van der Waals surface area contributed by atoms with Crippen molar-refractivity contribution in [3.05, 3.63) is 65.0 Å². The third-order valence-corrected chi connectivity index (χ3v) is 3.43. The molecule has 0 saturated heterocycles. The number of methoxy groups -OCH3 is 1. The molecule has 100 valence electrons. The maximum Gasteiger partial charge on any atom is 0.131 e. The summed E-state index contributed by atoms with van der Waals surface area (Å²) in [5, 5.41) is -0.382. The zero-order valence-corrected chi connectivity index (χ0v) is 11.7. The first-order chi connectivity index (χ1) is 9.10. The van der Waals surface area contributed by atoms with Gasteiger partial charge in [0.15, 0.2) is 0 Å². The van der Waals surface area contributed by atoms with Gasteiger partial charge in [0.2, 0.25) is 0 Å². The Kier molecular flexibility index (Phi) is 4.43. The molecule has 0 amide bonds. The van der Waals surface area contributed by atoms with Gasteiger partial charge in [-0.1, -0.05) is 35.9 Å². The summed E-state index contributed by atoms with van der Waals surface area (Å²) in [6.07, 6.45) is 0.604. The largest absolute Gasteiger partial charge is 0.497 e. The van der Waals surface area contributed by atoms with E-state index in [4.69, 9.17) is 16.3 Å². The first-order valence-corrected chi connectivity index (χ1v) is 6.57. The van der Waals surface area contributed by atoms with Crippen molar-refractivity contribution in [3.63, 3.8) is 0 Å². The van der Waals surface area contributed by atoms with E-state index in [1.807, 2.05) is 25.1 Å². The molecule has 0 radical (unpaired) electrons. The molecule has 0 aromatic heterocycles. The lowest BCUT2D eigenvalue weighted by atomic mass is 10.0. The van der Waals surface area contributed by atoms with Gasteiger partial charge in [0, 0.05) is 11.6 Å². The van der Waals surface area contributed by atoms with Gasteiger partial charge < -0.3 is 4.74 Å². The van der Waals surface area contributed by atoms with Gasteiger partial charge in [0.1, 0.15) is 11.6 Å². The van der Waals surface area contributed by atoms with Crippen LogP contribution in [0.3, 0.4) is 0 Å². The molecule has 0 heterocycles. The number of halogens is 2. The van der Waals surface area contributed by atoms with Crippen molar-refractivity contribution in [1.82, 2.24) is 0 Å². The summed E-state index contributed by atoms with van der Waals surface area (Å²) < 4.78 is 18.9. The van der Waals surface area contributed by atoms with E-state index in [0.717, 1.165) is 5.56 Å². The van der Waals surface area contributed by atoms with Crippen molar-refractivity contribution in [2.45, 2.75) is 18.7 Å². The summed E-state index contributed by atoms with van der Waals surface area (Å²) in [7, 11) is 1.51. The minimum Gasteiger partial charge on any atom is -0.497 e. The van der Waals surface area contributed by atoms with Crippen LogP contribution in [0, 0.1) is 12.7 Å². The molecule has 1 nitrogen and oxygen atoms in total. The minimum atomic E-state index is -0.382. The minimum absolute atomic E-state index is 0.327. The molecule has 2 rings (SSSR count). The number of hydrogen-bond donors (Lipinski definition) is 0. The highest BCUT2D eigenvalue weighted by molar-refractivity contribution is 6.20.